The molecule has 6 heteroatoms. The molecular weight excluding hydrogens is 303 g/mol. The van der Waals surface area contributed by atoms with Gasteiger partial charge in [0.15, 0.2) is 0 Å². The second-order valence-corrected chi connectivity index (χ2v) is 5.30. The normalized spacial score (nSPS) is 11.8. The van der Waals surface area contributed by atoms with Gasteiger partial charge in [0.1, 0.15) is 0 Å². The quantitative estimate of drug-likeness (QED) is 0.504. The monoisotopic (exact) mass is 313 g/mol. The van der Waals surface area contributed by atoms with Gasteiger partial charge in [-0.2, -0.15) is 13.2 Å². The predicted octanol–water partition coefficient (Wildman–Crippen LogP) is 4.47. The maximum absolute atomic E-state index is 11.9. The Morgan fingerprint density at radius 1 is 1.31 bits per heavy atom. The van der Waals surface area contributed by atoms with E-state index in [-0.39, 0.29) is 6.42 Å². The number of nitrogen functional groups attached to an aromatic ring is 1. The highest BCUT2D eigenvalue weighted by atomic mass is 79.9. The molecule has 0 aliphatic heterocycles. The minimum atomic E-state index is -4.07. The van der Waals surface area contributed by atoms with Gasteiger partial charge in [-0.25, -0.2) is 0 Å². The van der Waals surface area contributed by atoms with Crippen molar-refractivity contribution >= 4 is 33.4 Å². The molecule has 90 valence electrons. The van der Waals surface area contributed by atoms with Crippen LogP contribution in [0.4, 0.5) is 18.9 Å². The van der Waals surface area contributed by atoms with Crippen molar-refractivity contribution in [2.45, 2.75) is 23.9 Å². The van der Waals surface area contributed by atoms with Gasteiger partial charge >= 0.3 is 6.18 Å². The van der Waals surface area contributed by atoms with E-state index in [1.165, 1.54) is 11.8 Å². The predicted molar refractivity (Wildman–Crippen MR) is 64.6 cm³/mol. The molecule has 1 aromatic carbocycles. The van der Waals surface area contributed by atoms with Crippen molar-refractivity contribution < 1.29 is 13.2 Å². The second kappa shape index (κ2) is 5.82. The molecule has 0 amide bonds. The minimum Gasteiger partial charge on any atom is -0.398 e. The van der Waals surface area contributed by atoms with Crippen LogP contribution >= 0.6 is 27.7 Å². The molecule has 1 aromatic rings. The Balaban J connectivity index is 2.40. The van der Waals surface area contributed by atoms with Gasteiger partial charge in [0.05, 0.1) is 0 Å². The SMILES string of the molecule is Nc1ccc(Br)cc1SCCCC(F)(F)F. The van der Waals surface area contributed by atoms with E-state index in [0.717, 1.165) is 9.37 Å². The molecule has 0 aromatic heterocycles. The zero-order valence-corrected chi connectivity index (χ0v) is 10.8. The van der Waals surface area contributed by atoms with Crippen molar-refractivity contribution in [2.24, 2.45) is 0 Å². The van der Waals surface area contributed by atoms with Gasteiger partial charge in [-0.05, 0) is 30.4 Å². The lowest BCUT2D eigenvalue weighted by molar-refractivity contribution is -0.134. The number of thioether (sulfide) groups is 1. The molecular formula is C10H11BrF3NS. The summed E-state index contributed by atoms with van der Waals surface area (Å²) in [4.78, 5) is 0.816. The number of alkyl halides is 3. The highest BCUT2D eigenvalue weighted by Gasteiger charge is 2.25. The smallest absolute Gasteiger partial charge is 0.389 e. The first-order valence-corrected chi connectivity index (χ1v) is 6.41. The summed E-state index contributed by atoms with van der Waals surface area (Å²) < 4.78 is 36.5. The maximum Gasteiger partial charge on any atom is 0.389 e. The summed E-state index contributed by atoms with van der Waals surface area (Å²) in [6.45, 7) is 0. The second-order valence-electron chi connectivity index (χ2n) is 3.25. The number of halogens is 4. The van der Waals surface area contributed by atoms with Crippen LogP contribution in [0.1, 0.15) is 12.8 Å². The molecule has 1 nitrogen and oxygen atoms in total. The molecule has 0 saturated heterocycles. The van der Waals surface area contributed by atoms with E-state index in [9.17, 15) is 13.2 Å². The summed E-state index contributed by atoms with van der Waals surface area (Å²) >= 11 is 4.64. The number of benzene rings is 1. The number of hydrogen-bond donors (Lipinski definition) is 1. The topological polar surface area (TPSA) is 26.0 Å². The number of hydrogen-bond acceptors (Lipinski definition) is 2. The van der Waals surface area contributed by atoms with E-state index in [1.54, 1.807) is 12.1 Å². The van der Waals surface area contributed by atoms with E-state index < -0.39 is 12.6 Å². The average Bonchev–Trinajstić information content (AvgIpc) is 2.16. The Kier molecular flexibility index (Phi) is 4.98. The maximum atomic E-state index is 11.9. The van der Waals surface area contributed by atoms with Crippen molar-refractivity contribution in [1.29, 1.82) is 0 Å². The van der Waals surface area contributed by atoms with Crippen LogP contribution in [0.3, 0.4) is 0 Å². The molecule has 0 atom stereocenters. The van der Waals surface area contributed by atoms with Crippen molar-refractivity contribution in [3.8, 4) is 0 Å². The van der Waals surface area contributed by atoms with Gasteiger partial charge in [-0.1, -0.05) is 15.9 Å². The first-order valence-electron chi connectivity index (χ1n) is 4.63. The third kappa shape index (κ3) is 5.12. The zero-order valence-electron chi connectivity index (χ0n) is 8.35. The summed E-state index contributed by atoms with van der Waals surface area (Å²) in [5.74, 6) is 0.417. The van der Waals surface area contributed by atoms with Crippen molar-refractivity contribution in [1.82, 2.24) is 0 Å². The van der Waals surface area contributed by atoms with Crippen molar-refractivity contribution in [3.05, 3.63) is 22.7 Å². The lowest BCUT2D eigenvalue weighted by Gasteiger charge is -2.07. The fraction of sp³-hybridized carbons (Fsp3) is 0.400. The van der Waals surface area contributed by atoms with Gasteiger partial charge in [0.25, 0.3) is 0 Å². The zero-order chi connectivity index (χ0) is 12.2. The Morgan fingerprint density at radius 3 is 2.62 bits per heavy atom. The lowest BCUT2D eigenvalue weighted by atomic mass is 10.3. The number of anilines is 1. The lowest BCUT2D eigenvalue weighted by Crippen LogP contribution is -2.06. The molecule has 1 rings (SSSR count). The van der Waals surface area contributed by atoms with Crippen LogP contribution in [0, 0.1) is 0 Å². The summed E-state index contributed by atoms with van der Waals surface area (Å²) in [5.41, 5.74) is 6.29. The van der Waals surface area contributed by atoms with Crippen LogP contribution in [0.5, 0.6) is 0 Å². The molecule has 0 saturated carbocycles. The van der Waals surface area contributed by atoms with Crippen LogP contribution in [-0.2, 0) is 0 Å². The minimum absolute atomic E-state index is 0.111. The van der Waals surface area contributed by atoms with Crippen molar-refractivity contribution in [3.63, 3.8) is 0 Å². The van der Waals surface area contributed by atoms with E-state index in [1.807, 2.05) is 6.07 Å². The Bertz CT molecular complexity index is 354. The van der Waals surface area contributed by atoms with Crippen LogP contribution in [0.2, 0.25) is 0 Å². The largest absolute Gasteiger partial charge is 0.398 e. The molecule has 0 aliphatic rings. The molecule has 0 fully saturated rings. The molecule has 0 unspecified atom stereocenters. The molecule has 2 N–H and O–H groups in total. The van der Waals surface area contributed by atoms with Gasteiger partial charge in [-0.15, -0.1) is 11.8 Å². The van der Waals surface area contributed by atoms with Crippen LogP contribution < -0.4 is 5.73 Å². The third-order valence-corrected chi connectivity index (χ3v) is 3.49. The molecule has 0 radical (unpaired) electrons. The highest BCUT2D eigenvalue weighted by Crippen LogP contribution is 2.30. The van der Waals surface area contributed by atoms with Gasteiger partial charge in [-0.3, -0.25) is 0 Å². The fourth-order valence-corrected chi connectivity index (χ4v) is 2.55. The van der Waals surface area contributed by atoms with Gasteiger partial charge in [0.2, 0.25) is 0 Å². The van der Waals surface area contributed by atoms with Crippen LogP contribution in [0.15, 0.2) is 27.6 Å². The summed E-state index contributed by atoms with van der Waals surface area (Å²) in [5, 5.41) is 0. The Morgan fingerprint density at radius 2 is 2.00 bits per heavy atom. The van der Waals surface area contributed by atoms with E-state index in [0.29, 0.717) is 11.4 Å². The molecule has 0 aliphatic carbocycles. The summed E-state index contributed by atoms with van der Waals surface area (Å²) in [7, 11) is 0. The molecule has 0 spiro atoms. The average molecular weight is 314 g/mol. The fourth-order valence-electron chi connectivity index (χ4n) is 1.09. The third-order valence-electron chi connectivity index (χ3n) is 1.84. The van der Waals surface area contributed by atoms with Crippen LogP contribution in [-0.4, -0.2) is 11.9 Å². The standard InChI is InChI=1S/C10H11BrF3NS/c11-7-2-3-8(15)9(6-7)16-5-1-4-10(12,13)14/h2-3,6H,1,4-5,15H2. The number of rotatable bonds is 4. The van der Waals surface area contributed by atoms with Gasteiger partial charge in [0, 0.05) is 21.5 Å². The molecule has 16 heavy (non-hydrogen) atoms. The van der Waals surface area contributed by atoms with Gasteiger partial charge < -0.3 is 5.73 Å². The first kappa shape index (κ1) is 13.7. The van der Waals surface area contributed by atoms with E-state index in [4.69, 9.17) is 5.73 Å². The summed E-state index contributed by atoms with van der Waals surface area (Å²) in [6, 6.07) is 5.35. The summed E-state index contributed by atoms with van der Waals surface area (Å²) in [6.07, 6.45) is -4.70. The van der Waals surface area contributed by atoms with E-state index in [2.05, 4.69) is 15.9 Å². The Hall–Kier alpha value is -0.360. The van der Waals surface area contributed by atoms with Crippen LogP contribution in [0.25, 0.3) is 0 Å². The van der Waals surface area contributed by atoms with Crippen molar-refractivity contribution in [2.75, 3.05) is 11.5 Å². The van der Waals surface area contributed by atoms with E-state index >= 15 is 0 Å². The highest BCUT2D eigenvalue weighted by molar-refractivity contribution is 9.10. The Labute approximate surface area is 105 Å². The molecule has 0 heterocycles. The number of nitrogens with two attached hydrogens (primary N) is 1. The molecule has 0 bridgehead atoms. The first-order chi connectivity index (χ1) is 7.38.